The number of nitrogens with one attached hydrogen (secondary N) is 3. The lowest BCUT2D eigenvalue weighted by Gasteiger charge is -2.06. The highest BCUT2D eigenvalue weighted by Gasteiger charge is 2.09. The average Bonchev–Trinajstić information content (AvgIpc) is 3.03. The fourth-order valence-corrected chi connectivity index (χ4v) is 2.26. The second kappa shape index (κ2) is 6.26. The number of rotatable bonds is 5. The van der Waals surface area contributed by atoms with Crippen molar-refractivity contribution in [1.82, 2.24) is 24.7 Å². The lowest BCUT2D eigenvalue weighted by atomic mass is 10.2. The largest absolute Gasteiger partial charge is 0.328 e. The zero-order valence-electron chi connectivity index (χ0n) is 12.1. The first-order valence-electron chi connectivity index (χ1n) is 7.02. The molecule has 0 bridgehead atoms. The highest BCUT2D eigenvalue weighted by molar-refractivity contribution is 5.88. The van der Waals surface area contributed by atoms with E-state index < -0.39 is 5.69 Å². The maximum atomic E-state index is 12.3. The molecule has 2 aromatic heterocycles. The number of carbonyl (C=O) groups excluding carboxylic acids is 1. The zero-order chi connectivity index (χ0) is 16.2. The standard InChI is InChI=1S/C14H14N6O3/c21-11(18-13-15-8-16-19-13)6-3-7-20-12(22)9-4-1-2-5-10(9)17-14(20)23/h1-2,4-5,8H,3,6-7H2,(H,17,23)(H2,15,16,18,19,21). The Morgan fingerprint density at radius 1 is 1.26 bits per heavy atom. The monoisotopic (exact) mass is 314 g/mol. The topological polar surface area (TPSA) is 126 Å². The Bertz CT molecular complexity index is 941. The van der Waals surface area contributed by atoms with Crippen LogP contribution in [-0.2, 0) is 11.3 Å². The first-order valence-corrected chi connectivity index (χ1v) is 7.02. The van der Waals surface area contributed by atoms with Crippen molar-refractivity contribution in [1.29, 1.82) is 0 Å². The molecular weight excluding hydrogens is 300 g/mol. The normalized spacial score (nSPS) is 10.8. The van der Waals surface area contributed by atoms with E-state index in [1.165, 1.54) is 6.33 Å². The average molecular weight is 314 g/mol. The third-order valence-corrected chi connectivity index (χ3v) is 3.35. The van der Waals surface area contributed by atoms with Crippen LogP contribution in [0.1, 0.15) is 12.8 Å². The minimum absolute atomic E-state index is 0.152. The second-order valence-corrected chi connectivity index (χ2v) is 4.92. The number of hydrogen-bond acceptors (Lipinski definition) is 5. The minimum Gasteiger partial charge on any atom is -0.307 e. The molecule has 0 saturated heterocycles. The van der Waals surface area contributed by atoms with Gasteiger partial charge in [-0.1, -0.05) is 12.1 Å². The number of fused-ring (bicyclic) bond motifs is 1. The Kier molecular flexibility index (Phi) is 4.00. The summed E-state index contributed by atoms with van der Waals surface area (Å²) in [5, 5.41) is 9.09. The minimum atomic E-state index is -0.482. The Labute approximate surface area is 129 Å². The van der Waals surface area contributed by atoms with Gasteiger partial charge in [0.1, 0.15) is 6.33 Å². The number of para-hydroxylation sites is 1. The van der Waals surface area contributed by atoms with Gasteiger partial charge in [0.25, 0.3) is 5.56 Å². The molecule has 0 aliphatic rings. The number of aromatic nitrogens is 5. The molecule has 9 nitrogen and oxygen atoms in total. The van der Waals surface area contributed by atoms with Gasteiger partial charge in [-0.3, -0.25) is 19.5 Å². The summed E-state index contributed by atoms with van der Waals surface area (Å²) in [6, 6.07) is 6.81. The van der Waals surface area contributed by atoms with E-state index in [0.717, 1.165) is 4.57 Å². The summed E-state index contributed by atoms with van der Waals surface area (Å²) in [5.41, 5.74) is -0.342. The van der Waals surface area contributed by atoms with Crippen LogP contribution in [0.4, 0.5) is 5.95 Å². The number of aromatic amines is 2. The fourth-order valence-electron chi connectivity index (χ4n) is 2.26. The molecule has 3 N–H and O–H groups in total. The quantitative estimate of drug-likeness (QED) is 0.621. The van der Waals surface area contributed by atoms with E-state index in [1.54, 1.807) is 24.3 Å². The van der Waals surface area contributed by atoms with Crippen LogP contribution in [0.25, 0.3) is 10.9 Å². The van der Waals surface area contributed by atoms with Gasteiger partial charge >= 0.3 is 5.69 Å². The van der Waals surface area contributed by atoms with Crippen LogP contribution in [0.15, 0.2) is 40.2 Å². The molecular formula is C14H14N6O3. The Hall–Kier alpha value is -3.23. The number of benzene rings is 1. The third-order valence-electron chi connectivity index (χ3n) is 3.35. The first kappa shape index (κ1) is 14.7. The molecule has 0 aliphatic heterocycles. The van der Waals surface area contributed by atoms with Gasteiger partial charge < -0.3 is 4.98 Å². The van der Waals surface area contributed by atoms with Gasteiger partial charge in [0.15, 0.2) is 0 Å². The summed E-state index contributed by atoms with van der Waals surface area (Å²) < 4.78 is 1.10. The van der Waals surface area contributed by atoms with E-state index in [2.05, 4.69) is 25.5 Å². The molecule has 0 atom stereocenters. The number of amides is 1. The predicted molar refractivity (Wildman–Crippen MR) is 83.1 cm³/mol. The van der Waals surface area contributed by atoms with E-state index in [1.807, 2.05) is 0 Å². The molecule has 0 aliphatic carbocycles. The van der Waals surface area contributed by atoms with Gasteiger partial charge in [-0.15, -0.1) is 0 Å². The van der Waals surface area contributed by atoms with E-state index in [9.17, 15) is 14.4 Å². The van der Waals surface area contributed by atoms with Crippen LogP contribution < -0.4 is 16.6 Å². The summed E-state index contributed by atoms with van der Waals surface area (Å²) in [7, 11) is 0. The molecule has 0 radical (unpaired) electrons. The summed E-state index contributed by atoms with van der Waals surface area (Å²) >= 11 is 0. The summed E-state index contributed by atoms with van der Waals surface area (Å²) in [4.78, 5) is 42.4. The lowest BCUT2D eigenvalue weighted by molar-refractivity contribution is -0.116. The molecule has 1 amide bonds. The van der Waals surface area contributed by atoms with E-state index in [-0.39, 0.29) is 30.4 Å². The number of H-pyrrole nitrogens is 2. The molecule has 118 valence electrons. The Morgan fingerprint density at radius 2 is 2.09 bits per heavy atom. The molecule has 0 unspecified atom stereocenters. The predicted octanol–water partition coefficient (Wildman–Crippen LogP) is 0.227. The molecule has 0 spiro atoms. The smallest absolute Gasteiger partial charge is 0.307 e. The molecule has 23 heavy (non-hydrogen) atoms. The second-order valence-electron chi connectivity index (χ2n) is 4.92. The maximum Gasteiger partial charge on any atom is 0.328 e. The molecule has 1 aromatic carbocycles. The number of anilines is 1. The molecule has 3 aromatic rings. The van der Waals surface area contributed by atoms with Crippen molar-refractivity contribution in [3.8, 4) is 0 Å². The van der Waals surface area contributed by atoms with Gasteiger partial charge in [-0.25, -0.2) is 9.89 Å². The van der Waals surface area contributed by atoms with Crippen molar-refractivity contribution in [3.63, 3.8) is 0 Å². The van der Waals surface area contributed by atoms with Crippen molar-refractivity contribution in [2.45, 2.75) is 19.4 Å². The highest BCUT2D eigenvalue weighted by Crippen LogP contribution is 2.03. The molecule has 0 saturated carbocycles. The number of carbonyl (C=O) groups is 1. The van der Waals surface area contributed by atoms with Crippen molar-refractivity contribution in [2.24, 2.45) is 0 Å². The van der Waals surface area contributed by atoms with Gasteiger partial charge in [0.05, 0.1) is 10.9 Å². The van der Waals surface area contributed by atoms with E-state index >= 15 is 0 Å². The lowest BCUT2D eigenvalue weighted by Crippen LogP contribution is -2.35. The fraction of sp³-hybridized carbons (Fsp3) is 0.214. The van der Waals surface area contributed by atoms with Crippen molar-refractivity contribution in [3.05, 3.63) is 51.4 Å². The van der Waals surface area contributed by atoms with Crippen molar-refractivity contribution >= 4 is 22.8 Å². The Balaban J connectivity index is 1.69. The van der Waals surface area contributed by atoms with Crippen LogP contribution in [0.2, 0.25) is 0 Å². The molecule has 9 heteroatoms. The van der Waals surface area contributed by atoms with Crippen molar-refractivity contribution in [2.75, 3.05) is 5.32 Å². The van der Waals surface area contributed by atoms with Crippen LogP contribution in [0, 0.1) is 0 Å². The highest BCUT2D eigenvalue weighted by atomic mass is 16.2. The van der Waals surface area contributed by atoms with Crippen molar-refractivity contribution < 1.29 is 4.79 Å². The zero-order valence-corrected chi connectivity index (χ0v) is 12.1. The van der Waals surface area contributed by atoms with Crippen LogP contribution in [-0.4, -0.2) is 30.6 Å². The van der Waals surface area contributed by atoms with Crippen LogP contribution >= 0.6 is 0 Å². The molecule has 0 fully saturated rings. The number of nitrogens with zero attached hydrogens (tertiary/aromatic N) is 3. The number of hydrogen-bond donors (Lipinski definition) is 3. The van der Waals surface area contributed by atoms with Gasteiger partial charge in [-0.2, -0.15) is 10.1 Å². The first-order chi connectivity index (χ1) is 11.1. The summed E-state index contributed by atoms with van der Waals surface area (Å²) in [6.45, 7) is 0.156. The van der Waals surface area contributed by atoms with Gasteiger partial charge in [0.2, 0.25) is 11.9 Å². The summed E-state index contributed by atoms with van der Waals surface area (Å²) in [5.74, 6) is -0.0114. The van der Waals surface area contributed by atoms with Crippen LogP contribution in [0.5, 0.6) is 0 Å². The third kappa shape index (κ3) is 3.18. The SMILES string of the molecule is O=C(CCCn1c(=O)[nH]c2ccccc2c1=O)Nc1ncn[nH]1. The molecule has 3 rings (SSSR count). The van der Waals surface area contributed by atoms with Gasteiger partial charge in [-0.05, 0) is 18.6 Å². The summed E-state index contributed by atoms with van der Waals surface area (Å²) in [6.07, 6.45) is 1.78. The molecule has 2 heterocycles. The van der Waals surface area contributed by atoms with Gasteiger partial charge in [0, 0.05) is 13.0 Å². The van der Waals surface area contributed by atoms with E-state index in [0.29, 0.717) is 17.3 Å². The Morgan fingerprint density at radius 3 is 2.87 bits per heavy atom. The van der Waals surface area contributed by atoms with E-state index in [4.69, 9.17) is 0 Å². The maximum absolute atomic E-state index is 12.3. The van der Waals surface area contributed by atoms with Crippen LogP contribution in [0.3, 0.4) is 0 Å².